The fraction of sp³-hybridized carbons (Fsp3) is 0.375. The first-order valence-electron chi connectivity index (χ1n) is 9.87. The maximum Gasteiger partial charge on any atom is 0.311 e. The second-order valence-corrected chi connectivity index (χ2v) is 6.84. The molecule has 0 N–H and O–H groups in total. The summed E-state index contributed by atoms with van der Waals surface area (Å²) in [5.41, 5.74) is 0.940. The van der Waals surface area contributed by atoms with Crippen LogP contribution in [0.1, 0.15) is 44.1 Å². The lowest BCUT2D eigenvalue weighted by Gasteiger charge is -2.09. The minimum atomic E-state index is -0.207. The number of allylic oxidation sites excluding steroid dienone is 1. The van der Waals surface area contributed by atoms with Crippen molar-refractivity contribution in [1.29, 1.82) is 0 Å². The quantitative estimate of drug-likeness (QED) is 0.194. The topological polar surface area (TPSA) is 54.0 Å². The molecule has 0 aliphatic heterocycles. The first-order chi connectivity index (χ1) is 14.0. The SMILES string of the molecule is C=C(CCCCCCC(=O)Oc1ccc(OC)c(C)c1)Oc1ccc(OC)cc1. The molecule has 0 heterocycles. The van der Waals surface area contributed by atoms with E-state index >= 15 is 0 Å². The molecule has 0 radical (unpaired) electrons. The lowest BCUT2D eigenvalue weighted by atomic mass is 10.1. The zero-order chi connectivity index (χ0) is 21.1. The Bertz CT molecular complexity index is 795. The van der Waals surface area contributed by atoms with Crippen molar-refractivity contribution in [3.63, 3.8) is 0 Å². The summed E-state index contributed by atoms with van der Waals surface area (Å²) >= 11 is 0. The highest BCUT2D eigenvalue weighted by molar-refractivity contribution is 5.72. The van der Waals surface area contributed by atoms with Crippen LogP contribution < -0.4 is 18.9 Å². The van der Waals surface area contributed by atoms with Crippen molar-refractivity contribution < 1.29 is 23.7 Å². The first-order valence-corrected chi connectivity index (χ1v) is 9.87. The third-order valence-corrected chi connectivity index (χ3v) is 4.51. The van der Waals surface area contributed by atoms with Gasteiger partial charge in [-0.1, -0.05) is 19.4 Å². The van der Waals surface area contributed by atoms with Crippen LogP contribution in [0.5, 0.6) is 23.0 Å². The molecule has 0 atom stereocenters. The van der Waals surface area contributed by atoms with Gasteiger partial charge in [-0.2, -0.15) is 0 Å². The highest BCUT2D eigenvalue weighted by Gasteiger charge is 2.07. The van der Waals surface area contributed by atoms with Crippen molar-refractivity contribution in [2.75, 3.05) is 14.2 Å². The van der Waals surface area contributed by atoms with Crippen LogP contribution in [0.3, 0.4) is 0 Å². The third-order valence-electron chi connectivity index (χ3n) is 4.51. The van der Waals surface area contributed by atoms with E-state index in [9.17, 15) is 4.79 Å². The Balaban J connectivity index is 1.57. The molecule has 0 aliphatic rings. The van der Waals surface area contributed by atoms with E-state index in [0.29, 0.717) is 12.2 Å². The Morgan fingerprint density at radius 1 is 0.793 bits per heavy atom. The number of hydrogen-bond donors (Lipinski definition) is 0. The van der Waals surface area contributed by atoms with Crippen LogP contribution in [0, 0.1) is 6.92 Å². The molecule has 2 rings (SSSR count). The molecule has 0 spiro atoms. The van der Waals surface area contributed by atoms with Crippen LogP contribution in [-0.4, -0.2) is 20.2 Å². The molecular formula is C24H30O5. The van der Waals surface area contributed by atoms with Gasteiger partial charge >= 0.3 is 5.97 Å². The summed E-state index contributed by atoms with van der Waals surface area (Å²) in [5, 5.41) is 0. The minimum absolute atomic E-state index is 0.207. The number of unbranched alkanes of at least 4 members (excludes halogenated alkanes) is 3. The Hall–Kier alpha value is -2.95. The first kappa shape index (κ1) is 22.3. The van der Waals surface area contributed by atoms with Gasteiger partial charge < -0.3 is 18.9 Å². The van der Waals surface area contributed by atoms with Crippen molar-refractivity contribution in [3.8, 4) is 23.0 Å². The van der Waals surface area contributed by atoms with Crippen molar-refractivity contribution in [2.45, 2.75) is 45.4 Å². The summed E-state index contributed by atoms with van der Waals surface area (Å²) in [6.07, 6.45) is 4.96. The van der Waals surface area contributed by atoms with E-state index in [-0.39, 0.29) is 5.97 Å². The number of carbonyl (C=O) groups is 1. The third kappa shape index (κ3) is 7.90. The highest BCUT2D eigenvalue weighted by atomic mass is 16.5. The smallest absolute Gasteiger partial charge is 0.311 e. The van der Waals surface area contributed by atoms with Gasteiger partial charge in [0.15, 0.2) is 0 Å². The summed E-state index contributed by atoms with van der Waals surface area (Å²) in [6, 6.07) is 12.8. The number of carbonyl (C=O) groups excluding carboxylic acids is 1. The van der Waals surface area contributed by atoms with Crippen LogP contribution in [-0.2, 0) is 4.79 Å². The predicted octanol–water partition coefficient (Wildman–Crippen LogP) is 5.85. The van der Waals surface area contributed by atoms with Gasteiger partial charge in [0.2, 0.25) is 0 Å². The molecule has 0 aromatic heterocycles. The zero-order valence-electron chi connectivity index (χ0n) is 17.5. The molecule has 29 heavy (non-hydrogen) atoms. The van der Waals surface area contributed by atoms with Crippen LogP contribution in [0.25, 0.3) is 0 Å². The summed E-state index contributed by atoms with van der Waals surface area (Å²) in [6.45, 7) is 5.89. The number of esters is 1. The number of aryl methyl sites for hydroxylation is 1. The van der Waals surface area contributed by atoms with Crippen molar-refractivity contribution in [2.24, 2.45) is 0 Å². The number of hydrogen-bond acceptors (Lipinski definition) is 5. The van der Waals surface area contributed by atoms with Gasteiger partial charge in [-0.05, 0) is 67.8 Å². The summed E-state index contributed by atoms with van der Waals surface area (Å²) < 4.78 is 21.4. The highest BCUT2D eigenvalue weighted by Crippen LogP contribution is 2.24. The number of ether oxygens (including phenoxy) is 4. The molecule has 0 amide bonds. The standard InChI is InChI=1S/C24H30O5/c1-18-17-22(15-16-23(18)27-4)29-24(25)10-8-6-5-7-9-19(2)28-21-13-11-20(26-3)12-14-21/h11-17H,2,5-10H2,1,3-4H3. The van der Waals surface area contributed by atoms with Crippen LogP contribution in [0.15, 0.2) is 54.8 Å². The van der Waals surface area contributed by atoms with Gasteiger partial charge in [-0.25, -0.2) is 0 Å². The van der Waals surface area contributed by atoms with E-state index in [2.05, 4.69) is 6.58 Å². The second kappa shape index (κ2) is 11.8. The summed E-state index contributed by atoms with van der Waals surface area (Å²) in [5.74, 6) is 3.42. The average molecular weight is 398 g/mol. The van der Waals surface area contributed by atoms with Gasteiger partial charge in [-0.15, -0.1) is 0 Å². The molecule has 0 saturated heterocycles. The van der Waals surface area contributed by atoms with E-state index < -0.39 is 0 Å². The van der Waals surface area contributed by atoms with Crippen LogP contribution >= 0.6 is 0 Å². The van der Waals surface area contributed by atoms with E-state index in [1.54, 1.807) is 26.4 Å². The Morgan fingerprint density at radius 2 is 1.41 bits per heavy atom. The molecule has 2 aromatic carbocycles. The fourth-order valence-electron chi connectivity index (χ4n) is 2.90. The molecular weight excluding hydrogens is 368 g/mol. The van der Waals surface area contributed by atoms with Crippen molar-refractivity contribution in [1.82, 2.24) is 0 Å². The Labute approximate surface area is 173 Å². The minimum Gasteiger partial charge on any atom is -0.497 e. The van der Waals surface area contributed by atoms with E-state index in [1.807, 2.05) is 37.3 Å². The molecule has 0 aliphatic carbocycles. The summed E-state index contributed by atoms with van der Waals surface area (Å²) in [4.78, 5) is 12.0. The maximum absolute atomic E-state index is 12.0. The molecule has 2 aromatic rings. The number of methoxy groups -OCH3 is 2. The van der Waals surface area contributed by atoms with Gasteiger partial charge in [0.05, 0.1) is 20.0 Å². The molecule has 0 unspecified atom stereocenters. The number of rotatable bonds is 12. The van der Waals surface area contributed by atoms with E-state index in [0.717, 1.165) is 60.7 Å². The van der Waals surface area contributed by atoms with Gasteiger partial charge in [0.1, 0.15) is 23.0 Å². The lowest BCUT2D eigenvalue weighted by molar-refractivity contribution is -0.134. The molecule has 0 fully saturated rings. The van der Waals surface area contributed by atoms with E-state index in [1.165, 1.54) is 0 Å². The normalized spacial score (nSPS) is 10.3. The second-order valence-electron chi connectivity index (χ2n) is 6.84. The van der Waals surface area contributed by atoms with Crippen molar-refractivity contribution in [3.05, 3.63) is 60.4 Å². The van der Waals surface area contributed by atoms with Gasteiger partial charge in [0, 0.05) is 12.8 Å². The monoisotopic (exact) mass is 398 g/mol. The van der Waals surface area contributed by atoms with Crippen LogP contribution in [0.4, 0.5) is 0 Å². The molecule has 156 valence electrons. The van der Waals surface area contributed by atoms with Crippen LogP contribution in [0.2, 0.25) is 0 Å². The van der Waals surface area contributed by atoms with Crippen molar-refractivity contribution >= 4 is 5.97 Å². The molecule has 0 bridgehead atoms. The van der Waals surface area contributed by atoms with E-state index in [4.69, 9.17) is 18.9 Å². The molecule has 0 saturated carbocycles. The Morgan fingerprint density at radius 3 is 2.03 bits per heavy atom. The lowest BCUT2D eigenvalue weighted by Crippen LogP contribution is -2.07. The van der Waals surface area contributed by atoms with Gasteiger partial charge in [-0.3, -0.25) is 4.79 Å². The van der Waals surface area contributed by atoms with Gasteiger partial charge in [0.25, 0.3) is 0 Å². The average Bonchev–Trinajstić information content (AvgIpc) is 2.71. The zero-order valence-corrected chi connectivity index (χ0v) is 17.5. The molecule has 5 heteroatoms. The fourth-order valence-corrected chi connectivity index (χ4v) is 2.90. The Kier molecular flexibility index (Phi) is 9.09. The largest absolute Gasteiger partial charge is 0.497 e. The maximum atomic E-state index is 12.0. The predicted molar refractivity (Wildman–Crippen MR) is 114 cm³/mol. The molecule has 5 nitrogen and oxygen atoms in total. The summed E-state index contributed by atoms with van der Waals surface area (Å²) in [7, 11) is 3.25. The number of benzene rings is 2.